The number of benzene rings is 1. The van der Waals surface area contributed by atoms with E-state index in [1.165, 1.54) is 17.5 Å². The van der Waals surface area contributed by atoms with Crippen LogP contribution in [0.3, 0.4) is 0 Å². The number of thiophene rings is 1. The largest absolute Gasteiger partial charge is 0.433 e. The molecule has 0 spiro atoms. The van der Waals surface area contributed by atoms with Crippen molar-refractivity contribution in [1.82, 2.24) is 15.3 Å². The first-order valence-electron chi connectivity index (χ1n) is 9.89. The van der Waals surface area contributed by atoms with Gasteiger partial charge in [-0.15, -0.1) is 11.3 Å². The summed E-state index contributed by atoms with van der Waals surface area (Å²) in [5.74, 6) is -0.329. The highest BCUT2D eigenvalue weighted by molar-refractivity contribution is 7.14. The van der Waals surface area contributed by atoms with Crippen LogP contribution in [-0.4, -0.2) is 48.7 Å². The van der Waals surface area contributed by atoms with Gasteiger partial charge in [0.1, 0.15) is 10.0 Å². The van der Waals surface area contributed by atoms with Crippen molar-refractivity contribution in [3.05, 3.63) is 46.4 Å². The molecular formula is C20H20ClF2N7O2S. The number of alkyl halides is 2. The smallest absolute Gasteiger partial charge is 0.387 e. The highest BCUT2D eigenvalue weighted by Crippen LogP contribution is 2.34. The third-order valence-electron chi connectivity index (χ3n) is 4.82. The lowest BCUT2D eigenvalue weighted by molar-refractivity contribution is -0.0493. The summed E-state index contributed by atoms with van der Waals surface area (Å²) < 4.78 is 30.9. The number of piperazine rings is 1. The van der Waals surface area contributed by atoms with E-state index in [0.29, 0.717) is 10.6 Å². The third-order valence-corrected chi connectivity index (χ3v) is 5.92. The van der Waals surface area contributed by atoms with Crippen molar-refractivity contribution in [2.24, 2.45) is 5.73 Å². The molecule has 1 saturated heterocycles. The molecule has 3 heterocycles. The zero-order valence-corrected chi connectivity index (χ0v) is 18.7. The van der Waals surface area contributed by atoms with Gasteiger partial charge in [0.25, 0.3) is 5.91 Å². The summed E-state index contributed by atoms with van der Waals surface area (Å²) in [5.41, 5.74) is 6.70. The number of aromatic nitrogens is 2. The van der Waals surface area contributed by atoms with Crippen molar-refractivity contribution in [3.8, 4) is 5.75 Å². The number of anilines is 5. The Morgan fingerprint density at radius 1 is 1.27 bits per heavy atom. The maximum absolute atomic E-state index is 13.1. The van der Waals surface area contributed by atoms with E-state index in [4.69, 9.17) is 22.1 Å². The summed E-state index contributed by atoms with van der Waals surface area (Å²) in [5, 5.41) is 11.5. The number of ether oxygens (including phenoxy) is 1. The normalized spacial score (nSPS) is 13.8. The average Bonchev–Trinajstić information content (AvgIpc) is 3.26. The SMILES string of the molecule is NC(=O)c1ccsc1Nc1nc(Nc2ccc(N3CCNCC3)cc2OC(F)F)ncc1Cl. The van der Waals surface area contributed by atoms with Crippen LogP contribution in [0.25, 0.3) is 0 Å². The van der Waals surface area contributed by atoms with Crippen molar-refractivity contribution in [1.29, 1.82) is 0 Å². The van der Waals surface area contributed by atoms with E-state index >= 15 is 0 Å². The van der Waals surface area contributed by atoms with Crippen LogP contribution >= 0.6 is 22.9 Å². The fraction of sp³-hybridized carbons (Fsp3) is 0.250. The molecular weight excluding hydrogens is 476 g/mol. The Kier molecular flexibility index (Phi) is 7.06. The lowest BCUT2D eigenvalue weighted by atomic mass is 10.2. The number of nitrogens with one attached hydrogen (secondary N) is 3. The molecule has 33 heavy (non-hydrogen) atoms. The molecule has 174 valence electrons. The number of rotatable bonds is 8. The number of carbonyl (C=O) groups excluding carboxylic acids is 1. The molecule has 13 heteroatoms. The number of amides is 1. The van der Waals surface area contributed by atoms with E-state index in [-0.39, 0.29) is 28.2 Å². The second kappa shape index (κ2) is 10.1. The van der Waals surface area contributed by atoms with Gasteiger partial charge in [0.15, 0.2) is 11.6 Å². The molecule has 0 atom stereocenters. The van der Waals surface area contributed by atoms with Crippen LogP contribution in [-0.2, 0) is 0 Å². The van der Waals surface area contributed by atoms with Crippen LogP contribution in [0.4, 0.5) is 36.9 Å². The molecule has 0 bridgehead atoms. The first-order chi connectivity index (χ1) is 15.9. The molecule has 1 amide bonds. The fourth-order valence-corrected chi connectivity index (χ4v) is 4.20. The predicted octanol–water partition coefficient (Wildman–Crippen LogP) is 3.79. The molecule has 1 aliphatic heterocycles. The van der Waals surface area contributed by atoms with Crippen molar-refractivity contribution < 1.29 is 18.3 Å². The summed E-state index contributed by atoms with van der Waals surface area (Å²) in [4.78, 5) is 22.1. The highest BCUT2D eigenvalue weighted by atomic mass is 35.5. The Hall–Kier alpha value is -3.22. The van der Waals surface area contributed by atoms with Crippen LogP contribution in [0.1, 0.15) is 10.4 Å². The lowest BCUT2D eigenvalue weighted by Gasteiger charge is -2.30. The van der Waals surface area contributed by atoms with Gasteiger partial charge in [0.05, 0.1) is 17.4 Å². The minimum Gasteiger partial charge on any atom is -0.433 e. The molecule has 0 unspecified atom stereocenters. The Labute approximate surface area is 196 Å². The van der Waals surface area contributed by atoms with Crippen LogP contribution in [0.5, 0.6) is 5.75 Å². The van der Waals surface area contributed by atoms with Gasteiger partial charge in [0.2, 0.25) is 5.95 Å². The van der Waals surface area contributed by atoms with Crippen LogP contribution in [0, 0.1) is 0 Å². The topological polar surface area (TPSA) is 117 Å². The van der Waals surface area contributed by atoms with Crippen LogP contribution in [0.15, 0.2) is 35.8 Å². The number of nitrogens with two attached hydrogens (primary N) is 1. The number of nitrogens with zero attached hydrogens (tertiary/aromatic N) is 3. The van der Waals surface area contributed by atoms with E-state index in [1.807, 2.05) is 6.07 Å². The van der Waals surface area contributed by atoms with Gasteiger partial charge in [-0.1, -0.05) is 11.6 Å². The predicted molar refractivity (Wildman–Crippen MR) is 125 cm³/mol. The first kappa shape index (κ1) is 23.0. The van der Waals surface area contributed by atoms with Crippen LogP contribution in [0.2, 0.25) is 5.02 Å². The molecule has 1 aliphatic rings. The summed E-state index contributed by atoms with van der Waals surface area (Å²) in [7, 11) is 0. The molecule has 0 aliphatic carbocycles. The average molecular weight is 496 g/mol. The van der Waals surface area contributed by atoms with Gasteiger partial charge in [0, 0.05) is 37.9 Å². The van der Waals surface area contributed by atoms with Crippen molar-refractivity contribution in [2.45, 2.75) is 6.61 Å². The molecule has 3 aromatic rings. The number of hydrogen-bond acceptors (Lipinski definition) is 9. The van der Waals surface area contributed by atoms with Crippen LogP contribution < -0.4 is 31.3 Å². The molecule has 0 radical (unpaired) electrons. The second-order valence-electron chi connectivity index (χ2n) is 6.96. The van der Waals surface area contributed by atoms with E-state index in [2.05, 4.69) is 30.8 Å². The van der Waals surface area contributed by atoms with Crippen molar-refractivity contribution >= 4 is 57.0 Å². The number of hydrogen-bond donors (Lipinski definition) is 4. The van der Waals surface area contributed by atoms with Gasteiger partial charge in [-0.05, 0) is 23.6 Å². The first-order valence-corrected chi connectivity index (χ1v) is 11.1. The van der Waals surface area contributed by atoms with Crippen molar-refractivity contribution in [3.63, 3.8) is 0 Å². The van der Waals surface area contributed by atoms with Gasteiger partial charge < -0.3 is 31.3 Å². The fourth-order valence-electron chi connectivity index (χ4n) is 3.27. The summed E-state index contributed by atoms with van der Waals surface area (Å²) in [6.07, 6.45) is 1.35. The highest BCUT2D eigenvalue weighted by Gasteiger charge is 2.18. The standard InChI is InChI=1S/C20H20ClF2N7O2S/c21-13-10-26-20(29-17(13)28-18-12(16(24)31)3-8-33-18)27-14-2-1-11(9-15(14)32-19(22)23)30-6-4-25-5-7-30/h1-3,8-10,19,25H,4-7H2,(H2,24,31)(H2,26,27,28,29). The van der Waals surface area contributed by atoms with Gasteiger partial charge >= 0.3 is 6.61 Å². The summed E-state index contributed by atoms with van der Waals surface area (Å²) >= 11 is 7.45. The van der Waals surface area contributed by atoms with E-state index < -0.39 is 12.5 Å². The quantitative estimate of drug-likeness (QED) is 0.373. The second-order valence-corrected chi connectivity index (χ2v) is 8.29. The molecule has 5 N–H and O–H groups in total. The lowest BCUT2D eigenvalue weighted by Crippen LogP contribution is -2.43. The maximum Gasteiger partial charge on any atom is 0.387 e. The third kappa shape index (κ3) is 5.59. The minimum atomic E-state index is -3.00. The van der Waals surface area contributed by atoms with E-state index in [9.17, 15) is 13.6 Å². The molecule has 2 aromatic heterocycles. The summed E-state index contributed by atoms with van der Waals surface area (Å²) in [6.45, 7) is 0.124. The Balaban J connectivity index is 1.59. The zero-order chi connectivity index (χ0) is 23.4. The molecule has 1 fully saturated rings. The van der Waals surface area contributed by atoms with E-state index in [0.717, 1.165) is 31.9 Å². The Bertz CT molecular complexity index is 1140. The number of carbonyl (C=O) groups is 1. The number of primary amides is 1. The zero-order valence-electron chi connectivity index (χ0n) is 17.1. The Morgan fingerprint density at radius 3 is 2.79 bits per heavy atom. The molecule has 0 saturated carbocycles. The maximum atomic E-state index is 13.1. The van der Waals surface area contributed by atoms with Gasteiger partial charge in [-0.3, -0.25) is 4.79 Å². The van der Waals surface area contributed by atoms with E-state index in [1.54, 1.807) is 23.6 Å². The van der Waals surface area contributed by atoms with Gasteiger partial charge in [-0.2, -0.15) is 13.8 Å². The molecule has 9 nitrogen and oxygen atoms in total. The molecule has 1 aromatic carbocycles. The Morgan fingerprint density at radius 2 is 2.06 bits per heavy atom. The molecule has 4 rings (SSSR count). The number of halogens is 3. The van der Waals surface area contributed by atoms with Crippen molar-refractivity contribution in [2.75, 3.05) is 41.7 Å². The van der Waals surface area contributed by atoms with Gasteiger partial charge in [-0.25, -0.2) is 4.98 Å². The summed E-state index contributed by atoms with van der Waals surface area (Å²) in [6, 6.07) is 6.58. The minimum absolute atomic E-state index is 0.0386. The monoisotopic (exact) mass is 495 g/mol.